The number of pyridine rings is 2. The van der Waals surface area contributed by atoms with Crippen molar-refractivity contribution in [2.75, 3.05) is 17.2 Å². The van der Waals surface area contributed by atoms with Crippen LogP contribution in [0.1, 0.15) is 48.3 Å². The Hall–Kier alpha value is -3.27. The molecule has 9 nitrogen and oxygen atoms in total. The van der Waals surface area contributed by atoms with Gasteiger partial charge in [-0.3, -0.25) is 14.6 Å². The van der Waals surface area contributed by atoms with Crippen molar-refractivity contribution in [1.29, 1.82) is 0 Å². The van der Waals surface area contributed by atoms with E-state index in [0.29, 0.717) is 25.1 Å². The Balaban J connectivity index is 2.27. The minimum Gasteiger partial charge on any atom is -0.365 e. The van der Waals surface area contributed by atoms with E-state index in [1.54, 1.807) is 13.1 Å². The molecule has 0 radical (unpaired) electrons. The lowest BCUT2D eigenvalue weighted by Crippen LogP contribution is -2.39. The number of hydrogen-bond acceptors (Lipinski definition) is 7. The smallest absolute Gasteiger partial charge is 0.252 e. The average molecular weight is 432 g/mol. The van der Waals surface area contributed by atoms with Gasteiger partial charge in [0.1, 0.15) is 5.82 Å². The van der Waals surface area contributed by atoms with E-state index in [4.69, 9.17) is 11.5 Å². The molecule has 2 aromatic heterocycles. The molecular weight excluding hydrogens is 401 g/mol. The third-order valence-electron chi connectivity index (χ3n) is 4.87. The van der Waals surface area contributed by atoms with Gasteiger partial charge in [0, 0.05) is 31.2 Å². The fourth-order valence-corrected chi connectivity index (χ4v) is 2.95. The number of aromatic nitrogens is 2. The summed E-state index contributed by atoms with van der Waals surface area (Å²) >= 11 is 0. The van der Waals surface area contributed by atoms with Crippen molar-refractivity contribution in [3.8, 4) is 0 Å². The maximum Gasteiger partial charge on any atom is 0.252 e. The monoisotopic (exact) mass is 431 g/mol. The van der Waals surface area contributed by atoms with Crippen molar-refractivity contribution in [1.82, 2.24) is 15.3 Å². The second-order valence-corrected chi connectivity index (χ2v) is 7.57. The third kappa shape index (κ3) is 6.88. The number of amides is 2. The molecule has 0 aliphatic rings. The molecule has 2 heterocycles. The van der Waals surface area contributed by atoms with E-state index < -0.39 is 11.7 Å². The highest BCUT2D eigenvalue weighted by molar-refractivity contribution is 5.98. The van der Waals surface area contributed by atoms with Gasteiger partial charge < -0.3 is 27.4 Å². The summed E-state index contributed by atoms with van der Waals surface area (Å²) in [4.78, 5) is 31.4. The first-order valence-electron chi connectivity index (χ1n) is 10.1. The van der Waals surface area contributed by atoms with E-state index in [9.17, 15) is 14.0 Å². The van der Waals surface area contributed by atoms with Crippen molar-refractivity contribution in [2.24, 2.45) is 11.5 Å². The summed E-state index contributed by atoms with van der Waals surface area (Å²) in [6.07, 6.45) is 2.83. The summed E-state index contributed by atoms with van der Waals surface area (Å²) in [7, 11) is 0. The van der Waals surface area contributed by atoms with Crippen LogP contribution in [0.25, 0.3) is 0 Å². The van der Waals surface area contributed by atoms with Crippen LogP contribution in [0.2, 0.25) is 0 Å². The molecule has 0 bridgehead atoms. The van der Waals surface area contributed by atoms with Crippen LogP contribution < -0.4 is 27.4 Å². The van der Waals surface area contributed by atoms with Crippen molar-refractivity contribution in [3.05, 3.63) is 41.0 Å². The van der Waals surface area contributed by atoms with Crippen LogP contribution in [-0.4, -0.2) is 40.4 Å². The highest BCUT2D eigenvalue weighted by Crippen LogP contribution is 2.25. The Morgan fingerprint density at radius 1 is 1.23 bits per heavy atom. The van der Waals surface area contributed by atoms with Gasteiger partial charge in [0.2, 0.25) is 5.91 Å². The van der Waals surface area contributed by atoms with Crippen molar-refractivity contribution in [3.63, 3.8) is 0 Å². The normalized spacial score (nSPS) is 12.7. The van der Waals surface area contributed by atoms with Gasteiger partial charge in [-0.15, -0.1) is 0 Å². The molecule has 0 aliphatic heterocycles. The van der Waals surface area contributed by atoms with Gasteiger partial charge in [0.15, 0.2) is 11.6 Å². The van der Waals surface area contributed by atoms with Crippen LogP contribution in [0.3, 0.4) is 0 Å². The van der Waals surface area contributed by atoms with Crippen LogP contribution >= 0.6 is 0 Å². The summed E-state index contributed by atoms with van der Waals surface area (Å²) in [5.74, 6) is -1.58. The average Bonchev–Trinajstić information content (AvgIpc) is 2.68. The number of carbonyl (C=O) groups excluding carboxylic acids is 2. The Bertz CT molecular complexity index is 950. The molecule has 31 heavy (non-hydrogen) atoms. The molecule has 0 aliphatic carbocycles. The molecule has 0 spiro atoms. The minimum absolute atomic E-state index is 0.0499. The molecule has 0 aromatic carbocycles. The van der Waals surface area contributed by atoms with E-state index >= 15 is 0 Å². The number of halogens is 1. The second kappa shape index (κ2) is 10.7. The maximum atomic E-state index is 14.7. The number of nitrogens with two attached hydrogens (primary N) is 2. The van der Waals surface area contributed by atoms with Gasteiger partial charge in [-0.25, -0.2) is 9.37 Å². The largest absolute Gasteiger partial charge is 0.365 e. The Labute approximate surface area is 181 Å². The molecule has 7 N–H and O–H groups in total. The zero-order valence-electron chi connectivity index (χ0n) is 18.3. The summed E-state index contributed by atoms with van der Waals surface area (Å²) in [5.41, 5.74) is 13.8. The van der Waals surface area contributed by atoms with E-state index in [0.717, 1.165) is 17.3 Å². The highest BCUT2D eigenvalue weighted by atomic mass is 19.1. The second-order valence-electron chi connectivity index (χ2n) is 7.57. The SMILES string of the molecule is CC(=O)NCCC[C@@H](Nc1nc(Nc2cnc(C)c(C)c2)c(C(N)=O)cc1F)[C@H](C)N. The Kier molecular flexibility index (Phi) is 8.26. The molecule has 0 fully saturated rings. The molecule has 2 rings (SSSR count). The lowest BCUT2D eigenvalue weighted by atomic mass is 10.0. The molecule has 0 saturated carbocycles. The zero-order chi connectivity index (χ0) is 23.1. The highest BCUT2D eigenvalue weighted by Gasteiger charge is 2.20. The van der Waals surface area contributed by atoms with Crippen LogP contribution in [0.4, 0.5) is 21.7 Å². The number of hydrogen-bond donors (Lipinski definition) is 5. The van der Waals surface area contributed by atoms with E-state index in [1.807, 2.05) is 19.9 Å². The van der Waals surface area contributed by atoms with Crippen LogP contribution in [-0.2, 0) is 4.79 Å². The van der Waals surface area contributed by atoms with Crippen molar-refractivity contribution < 1.29 is 14.0 Å². The fourth-order valence-electron chi connectivity index (χ4n) is 2.95. The zero-order valence-corrected chi connectivity index (χ0v) is 18.3. The molecule has 2 aromatic rings. The fraction of sp³-hybridized carbons (Fsp3) is 0.429. The molecular formula is C21H30FN7O2. The van der Waals surface area contributed by atoms with Gasteiger partial charge in [-0.1, -0.05) is 0 Å². The lowest BCUT2D eigenvalue weighted by molar-refractivity contribution is -0.118. The third-order valence-corrected chi connectivity index (χ3v) is 4.87. The quantitative estimate of drug-likeness (QED) is 0.362. The van der Waals surface area contributed by atoms with Gasteiger partial charge in [-0.2, -0.15) is 0 Å². The van der Waals surface area contributed by atoms with Crippen LogP contribution in [0.5, 0.6) is 0 Å². The number of nitrogens with one attached hydrogen (secondary N) is 3. The topological polar surface area (TPSA) is 148 Å². The predicted octanol–water partition coefficient (Wildman–Crippen LogP) is 2.12. The van der Waals surface area contributed by atoms with Crippen LogP contribution in [0.15, 0.2) is 18.3 Å². The maximum absolute atomic E-state index is 14.7. The molecule has 10 heteroatoms. The molecule has 2 amide bonds. The van der Waals surface area contributed by atoms with Gasteiger partial charge in [-0.05, 0) is 51.3 Å². The number of anilines is 3. The predicted molar refractivity (Wildman–Crippen MR) is 119 cm³/mol. The summed E-state index contributed by atoms with van der Waals surface area (Å²) in [5, 5.41) is 8.73. The summed E-state index contributed by atoms with van der Waals surface area (Å²) < 4.78 is 14.7. The van der Waals surface area contributed by atoms with Gasteiger partial charge >= 0.3 is 0 Å². The molecule has 0 saturated heterocycles. The minimum atomic E-state index is -0.809. The molecule has 2 atom stereocenters. The van der Waals surface area contributed by atoms with Crippen molar-refractivity contribution >= 4 is 29.1 Å². The number of aryl methyl sites for hydroxylation is 2. The van der Waals surface area contributed by atoms with E-state index in [-0.39, 0.29) is 35.2 Å². The van der Waals surface area contributed by atoms with Crippen molar-refractivity contribution in [2.45, 2.75) is 52.6 Å². The van der Waals surface area contributed by atoms with Gasteiger partial charge in [0.25, 0.3) is 5.91 Å². The number of nitrogens with zero attached hydrogens (tertiary/aromatic N) is 2. The first-order valence-corrected chi connectivity index (χ1v) is 10.1. The molecule has 168 valence electrons. The van der Waals surface area contributed by atoms with Gasteiger partial charge in [0.05, 0.1) is 17.4 Å². The van der Waals surface area contributed by atoms with Crippen LogP contribution in [0, 0.1) is 19.7 Å². The number of primary amides is 1. The number of rotatable bonds is 10. The summed E-state index contributed by atoms with van der Waals surface area (Å²) in [6.45, 7) is 7.52. The standard InChI is InChI=1S/C21H30FN7O2/c1-11-8-15(10-26-13(11)3)27-20-16(19(24)31)9-17(22)21(29-20)28-18(12(2)23)6-5-7-25-14(4)30/h8-10,12,18H,5-7,23H2,1-4H3,(H2,24,31)(H,25,30)(H2,27,28,29)/t12-,18+/m0/s1. The molecule has 0 unspecified atom stereocenters. The summed E-state index contributed by atoms with van der Waals surface area (Å²) in [6, 6.07) is 2.28. The Morgan fingerprint density at radius 3 is 2.52 bits per heavy atom. The van der Waals surface area contributed by atoms with E-state index in [1.165, 1.54) is 6.92 Å². The number of carbonyl (C=O) groups is 2. The lowest BCUT2D eigenvalue weighted by Gasteiger charge is -2.24. The first-order chi connectivity index (χ1) is 14.6. The Morgan fingerprint density at radius 2 is 1.94 bits per heavy atom. The first kappa shape index (κ1) is 24.0. The van der Waals surface area contributed by atoms with E-state index in [2.05, 4.69) is 25.9 Å².